The van der Waals surface area contributed by atoms with Crippen LogP contribution < -0.4 is 10.5 Å². The largest absolute Gasteiger partial charge is 0.497 e. The van der Waals surface area contributed by atoms with Crippen LogP contribution in [0.3, 0.4) is 0 Å². The minimum atomic E-state index is -0.525. The van der Waals surface area contributed by atoms with E-state index in [1.165, 1.54) is 12.1 Å². The third kappa shape index (κ3) is 3.80. The lowest BCUT2D eigenvalue weighted by molar-refractivity contribution is 0.0472. The van der Waals surface area contributed by atoms with E-state index in [1.54, 1.807) is 13.2 Å². The first-order valence-electron chi connectivity index (χ1n) is 6.06. The summed E-state index contributed by atoms with van der Waals surface area (Å²) in [5.41, 5.74) is 6.97. The highest BCUT2D eigenvalue weighted by Gasteiger charge is 2.12. The Morgan fingerprint density at radius 3 is 2.67 bits per heavy atom. The number of methoxy groups -OCH3 is 1. The standard InChI is InChI=1S/C15H13Cl2NO3/c1-20-11-4-2-3-9(5-11)8-21-15(19)10-6-12(16)14(17)13(18)7-10/h2-7H,8,18H2,1H3. The van der Waals surface area contributed by atoms with E-state index in [0.29, 0.717) is 5.75 Å². The number of nitrogens with two attached hydrogens (primary N) is 1. The van der Waals surface area contributed by atoms with Crippen molar-refractivity contribution in [2.75, 3.05) is 12.8 Å². The molecule has 2 N–H and O–H groups in total. The first-order chi connectivity index (χ1) is 10.0. The molecule has 0 amide bonds. The minimum absolute atomic E-state index is 0.121. The quantitative estimate of drug-likeness (QED) is 0.683. The van der Waals surface area contributed by atoms with E-state index >= 15 is 0 Å². The fraction of sp³-hybridized carbons (Fsp3) is 0.133. The van der Waals surface area contributed by atoms with Gasteiger partial charge in [0.2, 0.25) is 0 Å². The van der Waals surface area contributed by atoms with Crippen LogP contribution in [0.1, 0.15) is 15.9 Å². The van der Waals surface area contributed by atoms with Gasteiger partial charge in [-0.2, -0.15) is 0 Å². The van der Waals surface area contributed by atoms with E-state index in [9.17, 15) is 4.79 Å². The van der Waals surface area contributed by atoms with Gasteiger partial charge in [0, 0.05) is 0 Å². The van der Waals surface area contributed by atoms with Crippen molar-refractivity contribution in [1.29, 1.82) is 0 Å². The van der Waals surface area contributed by atoms with E-state index in [2.05, 4.69) is 0 Å². The van der Waals surface area contributed by atoms with Gasteiger partial charge in [0.1, 0.15) is 12.4 Å². The Kier molecular flexibility index (Phi) is 4.94. The van der Waals surface area contributed by atoms with Crippen molar-refractivity contribution in [1.82, 2.24) is 0 Å². The molecule has 0 aliphatic heterocycles. The SMILES string of the molecule is COc1cccc(COC(=O)c2cc(N)c(Cl)c(Cl)c2)c1. The molecular formula is C15H13Cl2NO3. The number of carbonyl (C=O) groups is 1. The van der Waals surface area contributed by atoms with Crippen LogP contribution in [0.4, 0.5) is 5.69 Å². The average Bonchev–Trinajstić information content (AvgIpc) is 2.50. The molecule has 0 aliphatic rings. The summed E-state index contributed by atoms with van der Waals surface area (Å²) in [6.45, 7) is 0.121. The van der Waals surface area contributed by atoms with Gasteiger partial charge in [-0.1, -0.05) is 35.3 Å². The highest BCUT2D eigenvalue weighted by atomic mass is 35.5. The van der Waals surface area contributed by atoms with Gasteiger partial charge in [-0.05, 0) is 29.8 Å². The van der Waals surface area contributed by atoms with E-state index in [-0.39, 0.29) is 27.9 Å². The van der Waals surface area contributed by atoms with Crippen LogP contribution in [0.5, 0.6) is 5.75 Å². The predicted molar refractivity (Wildman–Crippen MR) is 83.0 cm³/mol. The number of halogens is 2. The fourth-order valence-corrected chi connectivity index (χ4v) is 2.06. The summed E-state index contributed by atoms with van der Waals surface area (Å²) in [6.07, 6.45) is 0. The summed E-state index contributed by atoms with van der Waals surface area (Å²) in [6, 6.07) is 10.1. The summed E-state index contributed by atoms with van der Waals surface area (Å²) >= 11 is 11.7. The third-order valence-corrected chi connectivity index (χ3v) is 3.61. The molecule has 2 aromatic carbocycles. The number of carbonyl (C=O) groups excluding carboxylic acids is 1. The summed E-state index contributed by atoms with van der Waals surface area (Å²) in [7, 11) is 1.57. The van der Waals surface area contributed by atoms with Crippen molar-refractivity contribution in [3.63, 3.8) is 0 Å². The molecule has 2 aromatic rings. The molecule has 0 atom stereocenters. The fourth-order valence-electron chi connectivity index (χ4n) is 1.72. The lowest BCUT2D eigenvalue weighted by atomic mass is 10.2. The molecular weight excluding hydrogens is 313 g/mol. The number of nitrogen functional groups attached to an aromatic ring is 1. The molecule has 21 heavy (non-hydrogen) atoms. The van der Waals surface area contributed by atoms with Crippen molar-refractivity contribution in [2.24, 2.45) is 0 Å². The molecule has 0 spiro atoms. The molecule has 110 valence electrons. The summed E-state index contributed by atoms with van der Waals surface area (Å²) < 4.78 is 10.3. The molecule has 0 heterocycles. The van der Waals surface area contributed by atoms with Gasteiger partial charge in [-0.25, -0.2) is 4.79 Å². The number of hydrogen-bond acceptors (Lipinski definition) is 4. The van der Waals surface area contributed by atoms with Crippen molar-refractivity contribution in [3.05, 3.63) is 57.6 Å². The Labute approximate surface area is 132 Å². The molecule has 0 bridgehead atoms. The summed E-state index contributed by atoms with van der Waals surface area (Å²) in [5.74, 6) is 0.172. The Morgan fingerprint density at radius 1 is 1.24 bits per heavy atom. The monoisotopic (exact) mass is 325 g/mol. The number of esters is 1. The molecule has 0 unspecified atom stereocenters. The van der Waals surface area contributed by atoms with Crippen LogP contribution in [0.15, 0.2) is 36.4 Å². The summed E-state index contributed by atoms with van der Waals surface area (Å²) in [5, 5.41) is 0.436. The maximum Gasteiger partial charge on any atom is 0.338 e. The number of rotatable bonds is 4. The Bertz CT molecular complexity index is 651. The Balaban J connectivity index is 2.08. The molecule has 0 fully saturated rings. The molecule has 4 nitrogen and oxygen atoms in total. The third-order valence-electron chi connectivity index (χ3n) is 2.80. The van der Waals surface area contributed by atoms with Gasteiger partial charge in [0.05, 0.1) is 28.4 Å². The second-order valence-electron chi connectivity index (χ2n) is 4.29. The topological polar surface area (TPSA) is 61.5 Å². The van der Waals surface area contributed by atoms with Gasteiger partial charge in [-0.15, -0.1) is 0 Å². The van der Waals surface area contributed by atoms with E-state index < -0.39 is 5.97 Å². The Morgan fingerprint density at radius 2 is 2.00 bits per heavy atom. The van der Waals surface area contributed by atoms with Gasteiger partial charge < -0.3 is 15.2 Å². The van der Waals surface area contributed by atoms with Crippen LogP contribution in [0.2, 0.25) is 10.0 Å². The zero-order valence-electron chi connectivity index (χ0n) is 11.2. The van der Waals surface area contributed by atoms with Crippen LogP contribution in [-0.2, 0) is 11.3 Å². The normalized spacial score (nSPS) is 10.2. The van der Waals surface area contributed by atoms with E-state index in [0.717, 1.165) is 5.56 Å². The van der Waals surface area contributed by atoms with E-state index in [4.69, 9.17) is 38.4 Å². The molecule has 0 aliphatic carbocycles. The van der Waals surface area contributed by atoms with Crippen molar-refractivity contribution >= 4 is 34.9 Å². The highest BCUT2D eigenvalue weighted by molar-refractivity contribution is 6.43. The zero-order chi connectivity index (χ0) is 15.4. The van der Waals surface area contributed by atoms with Crippen molar-refractivity contribution < 1.29 is 14.3 Å². The van der Waals surface area contributed by atoms with Crippen LogP contribution in [0.25, 0.3) is 0 Å². The van der Waals surface area contributed by atoms with Crippen molar-refractivity contribution in [3.8, 4) is 5.75 Å². The highest BCUT2D eigenvalue weighted by Crippen LogP contribution is 2.29. The second kappa shape index (κ2) is 6.70. The van der Waals surface area contributed by atoms with Crippen LogP contribution in [-0.4, -0.2) is 13.1 Å². The number of ether oxygens (including phenoxy) is 2. The summed E-state index contributed by atoms with van der Waals surface area (Å²) in [4.78, 5) is 12.0. The van der Waals surface area contributed by atoms with Gasteiger partial charge in [0.15, 0.2) is 0 Å². The number of hydrogen-bond donors (Lipinski definition) is 1. The smallest absolute Gasteiger partial charge is 0.338 e. The first kappa shape index (κ1) is 15.5. The lowest BCUT2D eigenvalue weighted by Gasteiger charge is -2.08. The lowest BCUT2D eigenvalue weighted by Crippen LogP contribution is -2.06. The first-order valence-corrected chi connectivity index (χ1v) is 6.81. The molecule has 0 radical (unpaired) electrons. The van der Waals surface area contributed by atoms with Crippen LogP contribution >= 0.6 is 23.2 Å². The van der Waals surface area contributed by atoms with E-state index in [1.807, 2.05) is 18.2 Å². The second-order valence-corrected chi connectivity index (χ2v) is 5.07. The van der Waals surface area contributed by atoms with Gasteiger partial charge in [-0.3, -0.25) is 0 Å². The maximum atomic E-state index is 12.0. The van der Waals surface area contributed by atoms with Gasteiger partial charge in [0.25, 0.3) is 0 Å². The average molecular weight is 326 g/mol. The zero-order valence-corrected chi connectivity index (χ0v) is 12.7. The van der Waals surface area contributed by atoms with Crippen molar-refractivity contribution in [2.45, 2.75) is 6.61 Å². The van der Waals surface area contributed by atoms with Gasteiger partial charge >= 0.3 is 5.97 Å². The molecule has 2 rings (SSSR count). The molecule has 6 heteroatoms. The van der Waals surface area contributed by atoms with Crippen LogP contribution in [0, 0.1) is 0 Å². The number of anilines is 1. The molecule has 0 saturated carbocycles. The molecule has 0 saturated heterocycles. The number of benzene rings is 2. The molecule has 0 aromatic heterocycles. The minimum Gasteiger partial charge on any atom is -0.497 e. The maximum absolute atomic E-state index is 12.0. The predicted octanol–water partition coefficient (Wildman–Crippen LogP) is 3.94. The Hall–Kier alpha value is -1.91.